The van der Waals surface area contributed by atoms with Gasteiger partial charge in [-0.15, -0.1) is 0 Å². The lowest BCUT2D eigenvalue weighted by molar-refractivity contribution is 0.0775. The summed E-state index contributed by atoms with van der Waals surface area (Å²) in [6, 6.07) is 5.53. The molecule has 2 N–H and O–H groups in total. The number of amides is 1. The molecule has 1 aromatic rings. The van der Waals surface area contributed by atoms with Crippen molar-refractivity contribution in [1.29, 1.82) is 0 Å². The number of hydrogen-bond acceptors (Lipinski definition) is 3. The third-order valence-electron chi connectivity index (χ3n) is 3.28. The van der Waals surface area contributed by atoms with E-state index in [9.17, 15) is 4.79 Å². The van der Waals surface area contributed by atoms with Crippen molar-refractivity contribution in [3.63, 3.8) is 0 Å². The lowest BCUT2D eigenvalue weighted by Gasteiger charge is -2.22. The first-order chi connectivity index (χ1) is 8.17. The zero-order chi connectivity index (χ0) is 12.4. The van der Waals surface area contributed by atoms with Crippen molar-refractivity contribution in [3.8, 4) is 0 Å². The van der Waals surface area contributed by atoms with Crippen molar-refractivity contribution < 1.29 is 4.79 Å². The molecule has 0 radical (unpaired) electrons. The molecule has 1 aliphatic rings. The van der Waals surface area contributed by atoms with Crippen LogP contribution in [0.15, 0.2) is 18.2 Å². The van der Waals surface area contributed by atoms with Crippen molar-refractivity contribution in [2.24, 2.45) is 0 Å². The first kappa shape index (κ1) is 11.8. The fourth-order valence-electron chi connectivity index (χ4n) is 2.26. The van der Waals surface area contributed by atoms with Gasteiger partial charge in [0.05, 0.1) is 11.3 Å². The zero-order valence-corrected chi connectivity index (χ0v) is 10.4. The van der Waals surface area contributed by atoms with E-state index < -0.39 is 0 Å². The normalized spacial score (nSPS) is 15.8. The number of anilines is 2. The summed E-state index contributed by atoms with van der Waals surface area (Å²) in [7, 11) is 0. The Morgan fingerprint density at radius 2 is 1.82 bits per heavy atom. The number of rotatable bonds is 2. The predicted molar refractivity (Wildman–Crippen MR) is 70.3 cm³/mol. The summed E-state index contributed by atoms with van der Waals surface area (Å²) in [6.45, 7) is 7.39. The van der Waals surface area contributed by atoms with E-state index in [4.69, 9.17) is 5.73 Å². The monoisotopic (exact) mass is 233 g/mol. The minimum atomic E-state index is 0.110. The van der Waals surface area contributed by atoms with Gasteiger partial charge in [0, 0.05) is 31.9 Å². The van der Waals surface area contributed by atoms with Crippen LogP contribution in [0.2, 0.25) is 0 Å². The summed E-state index contributed by atoms with van der Waals surface area (Å²) in [5, 5.41) is 0. The predicted octanol–water partition coefficient (Wildman–Crippen LogP) is 1.57. The molecule has 1 aromatic carbocycles. The Hall–Kier alpha value is -1.71. The topological polar surface area (TPSA) is 49.6 Å². The molecule has 0 saturated carbocycles. The fourth-order valence-corrected chi connectivity index (χ4v) is 2.26. The van der Waals surface area contributed by atoms with E-state index in [1.54, 1.807) is 6.07 Å². The Morgan fingerprint density at radius 1 is 1.18 bits per heavy atom. The van der Waals surface area contributed by atoms with Gasteiger partial charge in [-0.05, 0) is 32.0 Å². The van der Waals surface area contributed by atoms with Crippen LogP contribution in [0.25, 0.3) is 0 Å². The summed E-state index contributed by atoms with van der Waals surface area (Å²) in [6.07, 6.45) is 0. The third kappa shape index (κ3) is 2.07. The highest BCUT2D eigenvalue weighted by molar-refractivity contribution is 6.01. The van der Waals surface area contributed by atoms with Gasteiger partial charge in [0.2, 0.25) is 0 Å². The van der Waals surface area contributed by atoms with Crippen LogP contribution in [0.4, 0.5) is 11.4 Å². The quantitative estimate of drug-likeness (QED) is 0.789. The van der Waals surface area contributed by atoms with Gasteiger partial charge < -0.3 is 15.5 Å². The molecule has 1 aliphatic heterocycles. The van der Waals surface area contributed by atoms with Crippen LogP contribution >= 0.6 is 0 Å². The van der Waals surface area contributed by atoms with Crippen molar-refractivity contribution in [2.45, 2.75) is 13.8 Å². The number of fused-ring (bicyclic) bond motifs is 1. The van der Waals surface area contributed by atoms with Crippen molar-refractivity contribution in [1.82, 2.24) is 4.90 Å². The van der Waals surface area contributed by atoms with Crippen LogP contribution in [0.3, 0.4) is 0 Å². The SMILES string of the molecule is CCN1CCN(CC)c2cc(N)ccc2C1=O. The second kappa shape index (κ2) is 4.65. The molecule has 2 rings (SSSR count). The number of nitrogens with two attached hydrogens (primary N) is 1. The molecule has 4 nitrogen and oxygen atoms in total. The average Bonchev–Trinajstić information content (AvgIpc) is 2.46. The molecule has 0 aromatic heterocycles. The molecule has 0 unspecified atom stereocenters. The maximum Gasteiger partial charge on any atom is 0.256 e. The zero-order valence-electron chi connectivity index (χ0n) is 10.4. The van der Waals surface area contributed by atoms with Gasteiger partial charge in [-0.1, -0.05) is 0 Å². The molecule has 0 atom stereocenters. The number of nitrogen functional groups attached to an aromatic ring is 1. The fraction of sp³-hybridized carbons (Fsp3) is 0.462. The Kier molecular flexibility index (Phi) is 3.22. The summed E-state index contributed by atoms with van der Waals surface area (Å²) in [5.41, 5.74) is 8.25. The van der Waals surface area contributed by atoms with E-state index in [2.05, 4.69) is 11.8 Å². The maximum atomic E-state index is 12.3. The minimum Gasteiger partial charge on any atom is -0.399 e. The van der Waals surface area contributed by atoms with Gasteiger partial charge >= 0.3 is 0 Å². The van der Waals surface area contributed by atoms with E-state index in [1.807, 2.05) is 24.0 Å². The standard InChI is InChI=1S/C13H19N3O/c1-3-15-7-8-16(4-2)13(17)11-6-5-10(14)9-12(11)15/h5-6,9H,3-4,7-8,14H2,1-2H3. The highest BCUT2D eigenvalue weighted by atomic mass is 16.2. The Labute approximate surface area is 102 Å². The lowest BCUT2D eigenvalue weighted by Crippen LogP contribution is -2.34. The summed E-state index contributed by atoms with van der Waals surface area (Å²) >= 11 is 0. The summed E-state index contributed by atoms with van der Waals surface area (Å²) in [5.74, 6) is 0.110. The molecular formula is C13H19N3O. The first-order valence-electron chi connectivity index (χ1n) is 6.11. The van der Waals surface area contributed by atoms with Gasteiger partial charge in [-0.25, -0.2) is 0 Å². The van der Waals surface area contributed by atoms with Gasteiger partial charge in [0.1, 0.15) is 0 Å². The lowest BCUT2D eigenvalue weighted by atomic mass is 10.1. The second-order valence-corrected chi connectivity index (χ2v) is 4.24. The van der Waals surface area contributed by atoms with Crippen LogP contribution in [0, 0.1) is 0 Å². The largest absolute Gasteiger partial charge is 0.399 e. The van der Waals surface area contributed by atoms with E-state index in [0.717, 1.165) is 37.4 Å². The number of carbonyl (C=O) groups is 1. The van der Waals surface area contributed by atoms with Crippen molar-refractivity contribution in [3.05, 3.63) is 23.8 Å². The molecule has 1 heterocycles. The Balaban J connectivity index is 2.49. The average molecular weight is 233 g/mol. The van der Waals surface area contributed by atoms with Crippen LogP contribution in [-0.4, -0.2) is 37.0 Å². The molecule has 0 fully saturated rings. The molecule has 0 aliphatic carbocycles. The van der Waals surface area contributed by atoms with Gasteiger partial charge in [-0.2, -0.15) is 0 Å². The molecule has 92 valence electrons. The van der Waals surface area contributed by atoms with Gasteiger partial charge in [-0.3, -0.25) is 4.79 Å². The molecular weight excluding hydrogens is 214 g/mol. The van der Waals surface area contributed by atoms with Crippen molar-refractivity contribution in [2.75, 3.05) is 36.8 Å². The molecule has 4 heteroatoms. The number of carbonyl (C=O) groups excluding carboxylic acids is 1. The molecule has 17 heavy (non-hydrogen) atoms. The number of nitrogens with zero attached hydrogens (tertiary/aromatic N) is 2. The van der Waals surface area contributed by atoms with Crippen LogP contribution in [-0.2, 0) is 0 Å². The van der Waals surface area contributed by atoms with E-state index in [0.29, 0.717) is 5.69 Å². The van der Waals surface area contributed by atoms with Gasteiger partial charge in [0.25, 0.3) is 5.91 Å². The van der Waals surface area contributed by atoms with E-state index >= 15 is 0 Å². The smallest absolute Gasteiger partial charge is 0.256 e. The summed E-state index contributed by atoms with van der Waals surface area (Å²) < 4.78 is 0. The van der Waals surface area contributed by atoms with Gasteiger partial charge in [0.15, 0.2) is 0 Å². The first-order valence-corrected chi connectivity index (χ1v) is 6.11. The van der Waals surface area contributed by atoms with Crippen LogP contribution < -0.4 is 10.6 Å². The Bertz CT molecular complexity index is 431. The second-order valence-electron chi connectivity index (χ2n) is 4.24. The number of hydrogen-bond donors (Lipinski definition) is 1. The van der Waals surface area contributed by atoms with Crippen LogP contribution in [0.1, 0.15) is 24.2 Å². The molecule has 1 amide bonds. The van der Waals surface area contributed by atoms with Crippen molar-refractivity contribution >= 4 is 17.3 Å². The molecule has 0 saturated heterocycles. The number of benzene rings is 1. The summed E-state index contributed by atoms with van der Waals surface area (Å²) in [4.78, 5) is 16.4. The minimum absolute atomic E-state index is 0.110. The Morgan fingerprint density at radius 3 is 2.47 bits per heavy atom. The number of likely N-dealkylation sites (N-methyl/N-ethyl adjacent to an activating group) is 2. The molecule has 0 spiro atoms. The highest BCUT2D eigenvalue weighted by Crippen LogP contribution is 2.27. The van der Waals surface area contributed by atoms with Crippen LogP contribution in [0.5, 0.6) is 0 Å². The maximum absolute atomic E-state index is 12.3. The molecule has 0 bridgehead atoms. The van der Waals surface area contributed by atoms with E-state index in [-0.39, 0.29) is 5.91 Å². The highest BCUT2D eigenvalue weighted by Gasteiger charge is 2.24. The third-order valence-corrected chi connectivity index (χ3v) is 3.28. The van der Waals surface area contributed by atoms with E-state index in [1.165, 1.54) is 0 Å².